The van der Waals surface area contributed by atoms with E-state index in [0.29, 0.717) is 19.3 Å². The minimum absolute atomic E-state index is 0.193. The van der Waals surface area contributed by atoms with Crippen molar-refractivity contribution in [3.05, 3.63) is 56.6 Å². The third kappa shape index (κ3) is 3.42. The number of nitro groups is 2. The maximum atomic E-state index is 10.9. The third-order valence-electron chi connectivity index (χ3n) is 5.88. The number of nitrogens with zero attached hydrogens (tertiary/aromatic N) is 2. The van der Waals surface area contributed by atoms with Gasteiger partial charge in [-0.15, -0.1) is 0 Å². The smallest absolute Gasteiger partial charge is 0.310 e. The summed E-state index contributed by atoms with van der Waals surface area (Å²) in [6.45, 7) is 0. The number of phenolic OH excluding ortho intramolecular Hbond substituents is 2. The van der Waals surface area contributed by atoms with Crippen LogP contribution in [0.2, 0.25) is 0 Å². The van der Waals surface area contributed by atoms with Crippen molar-refractivity contribution in [2.45, 2.75) is 49.5 Å². The number of benzene rings is 2. The lowest BCUT2D eigenvalue weighted by Gasteiger charge is -2.59. The molecule has 4 atom stereocenters. The standard InChI is InChI=1S/C20H18N2O10/c23-16-5-11(1-3-14(16)21(25)26)30-19-7-13-8-20(10-19,32-18(9-19)29-13)31-12-2-4-15(22(27)28)17(24)6-12/h1-6,13,18,23-24H,7-10H2/t13-,18-,19+,20-/m0/s1. The summed E-state index contributed by atoms with van der Waals surface area (Å²) >= 11 is 0. The van der Waals surface area contributed by atoms with Gasteiger partial charge >= 0.3 is 11.4 Å². The highest BCUT2D eigenvalue weighted by molar-refractivity contribution is 5.50. The second-order valence-corrected chi connectivity index (χ2v) is 8.21. The van der Waals surface area contributed by atoms with Crippen molar-refractivity contribution in [3.8, 4) is 23.0 Å². The molecule has 3 aliphatic heterocycles. The molecule has 2 aromatic carbocycles. The van der Waals surface area contributed by atoms with Gasteiger partial charge in [0.2, 0.25) is 5.79 Å². The van der Waals surface area contributed by atoms with Gasteiger partial charge in [-0.2, -0.15) is 0 Å². The molecule has 2 N–H and O–H groups in total. The predicted octanol–water partition coefficient (Wildman–Crippen LogP) is 3.14. The number of ether oxygens (including phenoxy) is 4. The Kier molecular flexibility index (Phi) is 4.39. The van der Waals surface area contributed by atoms with E-state index in [-0.39, 0.29) is 24.0 Å². The van der Waals surface area contributed by atoms with Gasteiger partial charge in [0.15, 0.2) is 17.8 Å². The van der Waals surface area contributed by atoms with E-state index >= 15 is 0 Å². The van der Waals surface area contributed by atoms with Gasteiger partial charge in [-0.05, 0) is 12.1 Å². The van der Waals surface area contributed by atoms with Gasteiger partial charge < -0.3 is 29.2 Å². The van der Waals surface area contributed by atoms with Crippen LogP contribution in [0.5, 0.6) is 23.0 Å². The molecule has 0 radical (unpaired) electrons. The molecule has 0 spiro atoms. The lowest BCUT2D eigenvalue weighted by molar-refractivity contribution is -0.411. The Morgan fingerprint density at radius 1 is 0.906 bits per heavy atom. The lowest BCUT2D eigenvalue weighted by Crippen LogP contribution is -2.68. The lowest BCUT2D eigenvalue weighted by atomic mass is 9.72. The second-order valence-electron chi connectivity index (χ2n) is 8.21. The largest absolute Gasteiger partial charge is 0.502 e. The van der Waals surface area contributed by atoms with Crippen LogP contribution in [-0.4, -0.2) is 43.8 Å². The molecule has 3 saturated heterocycles. The van der Waals surface area contributed by atoms with E-state index in [2.05, 4.69) is 0 Å². The summed E-state index contributed by atoms with van der Waals surface area (Å²) in [5, 5.41) is 41.7. The molecule has 12 heteroatoms. The molecule has 4 fully saturated rings. The van der Waals surface area contributed by atoms with Crippen molar-refractivity contribution in [2.75, 3.05) is 0 Å². The third-order valence-corrected chi connectivity index (χ3v) is 5.88. The van der Waals surface area contributed by atoms with Crippen molar-refractivity contribution in [3.63, 3.8) is 0 Å². The summed E-state index contributed by atoms with van der Waals surface area (Å²) in [7, 11) is 0. The Balaban J connectivity index is 1.41. The molecule has 0 unspecified atom stereocenters. The fourth-order valence-corrected chi connectivity index (χ4v) is 4.81. The van der Waals surface area contributed by atoms with Crippen LogP contribution in [0.3, 0.4) is 0 Å². The van der Waals surface area contributed by atoms with Crippen LogP contribution in [-0.2, 0) is 9.47 Å². The molecule has 0 amide bonds. The number of nitro benzene ring substituents is 2. The average Bonchev–Trinajstić information content (AvgIpc) is 2.65. The van der Waals surface area contributed by atoms with E-state index in [0.717, 1.165) is 12.1 Å². The zero-order chi connectivity index (χ0) is 22.7. The Labute approximate surface area is 180 Å². The Hall–Kier alpha value is -3.64. The van der Waals surface area contributed by atoms with Crippen LogP contribution in [0.4, 0.5) is 11.4 Å². The number of hydrogen-bond donors (Lipinski definition) is 2. The van der Waals surface area contributed by atoms with E-state index in [4.69, 9.17) is 18.9 Å². The van der Waals surface area contributed by atoms with E-state index in [1.165, 1.54) is 24.3 Å². The quantitative estimate of drug-likeness (QED) is 0.497. The maximum absolute atomic E-state index is 10.9. The van der Waals surface area contributed by atoms with E-state index in [1.807, 2.05) is 0 Å². The average molecular weight is 446 g/mol. The zero-order valence-electron chi connectivity index (χ0n) is 16.5. The van der Waals surface area contributed by atoms with E-state index < -0.39 is 50.4 Å². The monoisotopic (exact) mass is 446 g/mol. The molecule has 1 aliphatic carbocycles. The summed E-state index contributed by atoms with van der Waals surface area (Å²) in [6, 6.07) is 7.46. The first-order valence-electron chi connectivity index (χ1n) is 9.82. The fourth-order valence-electron chi connectivity index (χ4n) is 4.81. The highest BCUT2D eigenvalue weighted by Gasteiger charge is 2.63. The molecule has 2 aromatic rings. The summed E-state index contributed by atoms with van der Waals surface area (Å²) in [6.07, 6.45) is 0.729. The van der Waals surface area contributed by atoms with Gasteiger partial charge in [0.1, 0.15) is 17.1 Å². The first-order valence-corrected chi connectivity index (χ1v) is 9.82. The highest BCUT2D eigenvalue weighted by Crippen LogP contribution is 2.54. The number of hydrogen-bond acceptors (Lipinski definition) is 10. The molecule has 4 bridgehead atoms. The van der Waals surface area contributed by atoms with Crippen LogP contribution in [0.15, 0.2) is 36.4 Å². The zero-order valence-corrected chi connectivity index (χ0v) is 16.5. The van der Waals surface area contributed by atoms with E-state index in [9.17, 15) is 30.4 Å². The van der Waals surface area contributed by atoms with Gasteiger partial charge in [0.05, 0.1) is 22.4 Å². The molecule has 168 valence electrons. The molecule has 6 rings (SSSR count). The summed E-state index contributed by atoms with van der Waals surface area (Å²) in [4.78, 5) is 20.5. The number of rotatable bonds is 6. The molecule has 1 saturated carbocycles. The minimum atomic E-state index is -1.14. The van der Waals surface area contributed by atoms with Crippen LogP contribution in [0, 0.1) is 20.2 Å². The Morgan fingerprint density at radius 3 is 2.03 bits per heavy atom. The number of phenols is 2. The maximum Gasteiger partial charge on any atom is 0.310 e. The first-order chi connectivity index (χ1) is 15.2. The second kappa shape index (κ2) is 6.93. The highest BCUT2D eigenvalue weighted by atomic mass is 16.8. The summed E-state index contributed by atoms with van der Waals surface area (Å²) in [5.41, 5.74) is -1.63. The first kappa shape index (κ1) is 20.3. The Morgan fingerprint density at radius 2 is 1.50 bits per heavy atom. The van der Waals surface area contributed by atoms with Crippen molar-refractivity contribution < 1.29 is 39.0 Å². The fraction of sp³-hybridized carbons (Fsp3) is 0.400. The predicted molar refractivity (Wildman–Crippen MR) is 104 cm³/mol. The minimum Gasteiger partial charge on any atom is -0.502 e. The van der Waals surface area contributed by atoms with Crippen molar-refractivity contribution in [1.29, 1.82) is 0 Å². The molecular weight excluding hydrogens is 428 g/mol. The van der Waals surface area contributed by atoms with E-state index in [1.54, 1.807) is 0 Å². The van der Waals surface area contributed by atoms with Crippen molar-refractivity contribution >= 4 is 11.4 Å². The normalized spacial score (nSPS) is 30.1. The molecule has 12 nitrogen and oxygen atoms in total. The molecule has 32 heavy (non-hydrogen) atoms. The van der Waals surface area contributed by atoms with Crippen LogP contribution < -0.4 is 9.47 Å². The summed E-state index contributed by atoms with van der Waals surface area (Å²) < 4.78 is 24.1. The van der Waals surface area contributed by atoms with Crippen LogP contribution in [0.1, 0.15) is 25.7 Å². The van der Waals surface area contributed by atoms with Crippen molar-refractivity contribution in [1.82, 2.24) is 0 Å². The van der Waals surface area contributed by atoms with Crippen LogP contribution >= 0.6 is 0 Å². The summed E-state index contributed by atoms with van der Waals surface area (Å²) in [5.74, 6) is -1.72. The van der Waals surface area contributed by atoms with Gasteiger partial charge in [-0.1, -0.05) is 0 Å². The number of aromatic hydroxyl groups is 2. The molecule has 3 heterocycles. The van der Waals surface area contributed by atoms with Crippen molar-refractivity contribution in [2.24, 2.45) is 0 Å². The molecule has 0 aromatic heterocycles. The molecular formula is C20H18N2O10. The molecule has 4 aliphatic rings. The Bertz CT molecular complexity index is 1020. The van der Waals surface area contributed by atoms with Crippen LogP contribution in [0.25, 0.3) is 0 Å². The SMILES string of the molecule is O=[N+]([O-])c1ccc(O[C@@]23C[C@H]4C[C@@](Oc5ccc([N+](=O)[O-])c(O)c5)(C2)O[C@@H](C3)O4)cc1O. The van der Waals surface area contributed by atoms with Gasteiger partial charge in [-0.3, -0.25) is 20.2 Å². The topological polar surface area (TPSA) is 164 Å². The van der Waals surface area contributed by atoms with Gasteiger partial charge in [-0.25, -0.2) is 0 Å². The van der Waals surface area contributed by atoms with Gasteiger partial charge in [0, 0.05) is 43.5 Å². The van der Waals surface area contributed by atoms with Gasteiger partial charge in [0.25, 0.3) is 0 Å².